The van der Waals surface area contributed by atoms with Crippen LogP contribution in [-0.2, 0) is 6.61 Å². The second kappa shape index (κ2) is 9.10. The molecule has 4 nitrogen and oxygen atoms in total. The molecule has 0 saturated heterocycles. The molecule has 0 amide bonds. The molecule has 3 aromatic carbocycles. The number of benzene rings is 3. The Balaban J connectivity index is 1.55. The molecule has 0 aliphatic carbocycles. The molecule has 1 heterocycles. The van der Waals surface area contributed by atoms with Crippen LogP contribution in [0.1, 0.15) is 34.5 Å². The number of ether oxygens (including phenoxy) is 1. The second-order valence-electron chi connectivity index (χ2n) is 7.25. The number of hydrogen-bond donors (Lipinski definition) is 2. The van der Waals surface area contributed by atoms with Crippen LogP contribution in [-0.4, -0.2) is 10.9 Å². The van der Waals surface area contributed by atoms with Crippen molar-refractivity contribution in [3.05, 3.63) is 113 Å². The highest BCUT2D eigenvalue weighted by atomic mass is 32.1. The molecule has 2 N–H and O–H groups in total. The fraction of sp³-hybridized carbons (Fsp3) is 0.120. The van der Waals surface area contributed by atoms with Gasteiger partial charge in [0.25, 0.3) is 0 Å². The quantitative estimate of drug-likeness (QED) is 0.420. The lowest BCUT2D eigenvalue weighted by atomic mass is 9.90. The monoisotopic (exact) mass is 432 g/mol. The predicted molar refractivity (Wildman–Crippen MR) is 122 cm³/mol. The van der Waals surface area contributed by atoms with E-state index in [-0.39, 0.29) is 17.6 Å². The number of thiocarbonyl (C=S) groups is 1. The molecule has 4 rings (SSSR count). The van der Waals surface area contributed by atoms with Crippen LogP contribution in [0.3, 0.4) is 0 Å². The van der Waals surface area contributed by atoms with Gasteiger partial charge in [0.05, 0.1) is 6.04 Å². The molecule has 0 saturated carbocycles. The summed E-state index contributed by atoms with van der Waals surface area (Å²) in [5.41, 5.74) is 3.76. The number of allylic oxidation sites excluding steroid dienone is 1. The lowest BCUT2D eigenvalue weighted by Crippen LogP contribution is -2.44. The molecular weight excluding hydrogens is 411 g/mol. The second-order valence-corrected chi connectivity index (χ2v) is 7.66. The van der Waals surface area contributed by atoms with Crippen LogP contribution in [0.5, 0.6) is 5.75 Å². The summed E-state index contributed by atoms with van der Waals surface area (Å²) in [6, 6.07) is 22.6. The molecule has 1 atom stereocenters. The molecule has 0 radical (unpaired) electrons. The first-order valence-electron chi connectivity index (χ1n) is 9.86. The Morgan fingerprint density at radius 3 is 2.35 bits per heavy atom. The van der Waals surface area contributed by atoms with E-state index in [9.17, 15) is 9.18 Å². The Kier molecular flexibility index (Phi) is 6.09. The maximum atomic E-state index is 13.2. The van der Waals surface area contributed by atoms with Crippen molar-refractivity contribution in [1.82, 2.24) is 10.6 Å². The standard InChI is InChI=1S/C25H21FN2O2S/c1-16-22(24(29)19-5-3-2-4-6-19)23(28-25(31)27-16)18-9-13-21(14-10-18)30-15-17-7-11-20(26)12-8-17/h2-14,23H,15H2,1H3,(H2,27,28,31). The first-order chi connectivity index (χ1) is 15.0. The third kappa shape index (κ3) is 4.81. The highest BCUT2D eigenvalue weighted by Crippen LogP contribution is 2.30. The van der Waals surface area contributed by atoms with E-state index in [1.54, 1.807) is 24.3 Å². The van der Waals surface area contributed by atoms with Crippen LogP contribution in [0.15, 0.2) is 90.1 Å². The number of halogens is 1. The van der Waals surface area contributed by atoms with Gasteiger partial charge < -0.3 is 15.4 Å². The van der Waals surface area contributed by atoms with E-state index in [0.29, 0.717) is 28.6 Å². The molecule has 1 aliphatic rings. The van der Waals surface area contributed by atoms with Crippen molar-refractivity contribution in [2.75, 3.05) is 0 Å². The lowest BCUT2D eigenvalue weighted by Gasteiger charge is -2.30. The number of carbonyl (C=O) groups excluding carboxylic acids is 1. The summed E-state index contributed by atoms with van der Waals surface area (Å²) in [6.07, 6.45) is 0. The van der Waals surface area contributed by atoms with Gasteiger partial charge in [-0.3, -0.25) is 4.79 Å². The zero-order valence-corrected chi connectivity index (χ0v) is 17.7. The highest BCUT2D eigenvalue weighted by Gasteiger charge is 2.30. The van der Waals surface area contributed by atoms with E-state index in [2.05, 4.69) is 10.6 Å². The average Bonchev–Trinajstić information content (AvgIpc) is 2.79. The summed E-state index contributed by atoms with van der Waals surface area (Å²) in [6.45, 7) is 2.20. The number of carbonyl (C=O) groups is 1. The molecule has 0 aromatic heterocycles. The number of Topliss-reactive ketones (excluding diaryl/α,β-unsaturated/α-hetero) is 1. The highest BCUT2D eigenvalue weighted by molar-refractivity contribution is 7.80. The molecule has 6 heteroatoms. The smallest absolute Gasteiger partial charge is 0.193 e. The van der Waals surface area contributed by atoms with Crippen LogP contribution in [0.25, 0.3) is 0 Å². The van der Waals surface area contributed by atoms with E-state index >= 15 is 0 Å². The summed E-state index contributed by atoms with van der Waals surface area (Å²) >= 11 is 5.33. The zero-order valence-electron chi connectivity index (χ0n) is 16.9. The molecule has 0 fully saturated rings. The van der Waals surface area contributed by atoms with Gasteiger partial charge in [-0.15, -0.1) is 0 Å². The van der Waals surface area contributed by atoms with Crippen LogP contribution in [0.2, 0.25) is 0 Å². The first kappa shape index (κ1) is 20.8. The molecule has 3 aromatic rings. The minimum Gasteiger partial charge on any atom is -0.489 e. The van der Waals surface area contributed by atoms with Crippen LogP contribution < -0.4 is 15.4 Å². The summed E-state index contributed by atoms with van der Waals surface area (Å²) in [4.78, 5) is 13.2. The van der Waals surface area contributed by atoms with Crippen LogP contribution >= 0.6 is 12.2 Å². The maximum Gasteiger partial charge on any atom is 0.193 e. The predicted octanol–water partition coefficient (Wildman–Crippen LogP) is 5.08. The van der Waals surface area contributed by atoms with E-state index in [1.807, 2.05) is 49.4 Å². The van der Waals surface area contributed by atoms with Gasteiger partial charge in [-0.2, -0.15) is 0 Å². The summed E-state index contributed by atoms with van der Waals surface area (Å²) in [7, 11) is 0. The Labute approximate surface area is 185 Å². The Hall–Kier alpha value is -3.51. The number of ketones is 1. The van der Waals surface area contributed by atoms with Gasteiger partial charge in [-0.05, 0) is 54.5 Å². The first-order valence-corrected chi connectivity index (χ1v) is 10.3. The molecular formula is C25H21FN2O2S. The Bertz CT molecular complexity index is 1130. The van der Waals surface area contributed by atoms with Gasteiger partial charge in [0.15, 0.2) is 10.9 Å². The summed E-state index contributed by atoms with van der Waals surface area (Å²) in [5.74, 6) is 0.355. The third-order valence-corrected chi connectivity index (χ3v) is 5.30. The maximum absolute atomic E-state index is 13.2. The molecule has 156 valence electrons. The van der Waals surface area contributed by atoms with E-state index in [0.717, 1.165) is 16.8 Å². The van der Waals surface area contributed by atoms with Gasteiger partial charge in [-0.1, -0.05) is 54.6 Å². The SMILES string of the molecule is CC1=C(C(=O)c2ccccc2)C(c2ccc(OCc3ccc(F)cc3)cc2)NC(=S)N1. The molecule has 0 bridgehead atoms. The minimum absolute atomic E-state index is 0.0535. The fourth-order valence-corrected chi connectivity index (χ4v) is 3.76. The molecule has 1 aliphatic heterocycles. The average molecular weight is 433 g/mol. The normalized spacial score (nSPS) is 15.8. The van der Waals surface area contributed by atoms with Crippen molar-refractivity contribution in [2.45, 2.75) is 19.6 Å². The van der Waals surface area contributed by atoms with Gasteiger partial charge in [0.2, 0.25) is 0 Å². The third-order valence-electron chi connectivity index (χ3n) is 5.08. The number of hydrogen-bond acceptors (Lipinski definition) is 3. The van der Waals surface area contributed by atoms with E-state index in [1.165, 1.54) is 12.1 Å². The Morgan fingerprint density at radius 2 is 1.68 bits per heavy atom. The molecule has 31 heavy (non-hydrogen) atoms. The van der Waals surface area contributed by atoms with Crippen molar-refractivity contribution in [2.24, 2.45) is 0 Å². The van der Waals surface area contributed by atoms with Gasteiger partial charge in [0.1, 0.15) is 18.2 Å². The van der Waals surface area contributed by atoms with E-state index < -0.39 is 0 Å². The fourth-order valence-electron chi connectivity index (χ4n) is 3.49. The lowest BCUT2D eigenvalue weighted by molar-refractivity contribution is 0.102. The van der Waals surface area contributed by atoms with Crippen molar-refractivity contribution in [3.63, 3.8) is 0 Å². The van der Waals surface area contributed by atoms with Gasteiger partial charge in [0, 0.05) is 16.8 Å². The largest absolute Gasteiger partial charge is 0.489 e. The topological polar surface area (TPSA) is 50.4 Å². The summed E-state index contributed by atoms with van der Waals surface area (Å²) < 4.78 is 18.8. The molecule has 1 unspecified atom stereocenters. The minimum atomic E-state index is -0.368. The van der Waals surface area contributed by atoms with Crippen LogP contribution in [0, 0.1) is 5.82 Å². The number of rotatable bonds is 6. The van der Waals surface area contributed by atoms with Crippen molar-refractivity contribution in [1.29, 1.82) is 0 Å². The van der Waals surface area contributed by atoms with Gasteiger partial charge >= 0.3 is 0 Å². The van der Waals surface area contributed by atoms with Gasteiger partial charge in [-0.25, -0.2) is 4.39 Å². The van der Waals surface area contributed by atoms with Crippen LogP contribution in [0.4, 0.5) is 4.39 Å². The van der Waals surface area contributed by atoms with Crippen molar-refractivity contribution in [3.8, 4) is 5.75 Å². The zero-order chi connectivity index (χ0) is 21.8. The number of nitrogens with one attached hydrogen (secondary N) is 2. The Morgan fingerprint density at radius 1 is 1.00 bits per heavy atom. The summed E-state index contributed by atoms with van der Waals surface area (Å²) in [5, 5.41) is 6.75. The van der Waals surface area contributed by atoms with E-state index in [4.69, 9.17) is 17.0 Å². The van der Waals surface area contributed by atoms with Crippen molar-refractivity contribution >= 4 is 23.1 Å². The van der Waals surface area contributed by atoms with Crippen molar-refractivity contribution < 1.29 is 13.9 Å². The molecule has 0 spiro atoms.